The van der Waals surface area contributed by atoms with Crippen molar-refractivity contribution in [1.82, 2.24) is 14.9 Å². The minimum absolute atomic E-state index is 0.0440. The molecule has 3 atom stereocenters. The second kappa shape index (κ2) is 12.3. The largest absolute Gasteiger partial charge is 0.394 e. The van der Waals surface area contributed by atoms with Gasteiger partial charge in [-0.25, -0.2) is 4.79 Å². The van der Waals surface area contributed by atoms with E-state index < -0.39 is 30.0 Å². The lowest BCUT2D eigenvalue weighted by molar-refractivity contribution is -0.118. The van der Waals surface area contributed by atoms with Crippen molar-refractivity contribution in [3.8, 4) is 11.8 Å². The number of carbonyl (C=O) groups excluding carboxylic acids is 2. The van der Waals surface area contributed by atoms with Crippen molar-refractivity contribution >= 4 is 17.6 Å². The summed E-state index contributed by atoms with van der Waals surface area (Å²) in [6.45, 7) is 0.756. The van der Waals surface area contributed by atoms with Gasteiger partial charge in [0.25, 0.3) is 5.91 Å². The average Bonchev–Trinajstić information content (AvgIpc) is 3.26. The van der Waals surface area contributed by atoms with Crippen molar-refractivity contribution in [1.29, 1.82) is 0 Å². The summed E-state index contributed by atoms with van der Waals surface area (Å²) in [5.74, 6) is 4.75. The Morgan fingerprint density at radius 1 is 1.40 bits per heavy atom. The summed E-state index contributed by atoms with van der Waals surface area (Å²) >= 11 is 0. The highest BCUT2D eigenvalue weighted by Crippen LogP contribution is 2.30. The third-order valence-electron chi connectivity index (χ3n) is 4.95. The van der Waals surface area contributed by atoms with Crippen LogP contribution in [0.2, 0.25) is 0 Å². The summed E-state index contributed by atoms with van der Waals surface area (Å²) in [4.78, 5) is 43.1. The fourth-order valence-corrected chi connectivity index (χ4v) is 3.30. The van der Waals surface area contributed by atoms with Crippen LogP contribution in [0.4, 0.5) is 5.82 Å². The summed E-state index contributed by atoms with van der Waals surface area (Å²) in [5, 5.41) is 18.0. The number of aliphatic hydroxyl groups is 1. The normalized spacial score (nSPS) is 18.6. The van der Waals surface area contributed by atoms with Crippen molar-refractivity contribution in [2.24, 2.45) is 5.11 Å². The standard InChI is InChI=1S/C22H23N7O6/c1-14(31)24-9-5-8-16-11-29(19-10-17(18(12-30)35-19)34-13-25-28-23)22(33)27-20(16)26-21(32)15-6-3-2-4-7-15/h2-4,6-7,11,17-19,30H,9-10,12-13H2,1H3,(H,24,31)(H,26,27,32,33). The van der Waals surface area contributed by atoms with Crippen LogP contribution in [0, 0.1) is 11.8 Å². The summed E-state index contributed by atoms with van der Waals surface area (Å²) in [5.41, 5.74) is 8.27. The third kappa shape index (κ3) is 6.89. The lowest BCUT2D eigenvalue weighted by Gasteiger charge is -2.16. The van der Waals surface area contributed by atoms with Crippen molar-refractivity contribution in [3.63, 3.8) is 0 Å². The number of rotatable bonds is 8. The summed E-state index contributed by atoms with van der Waals surface area (Å²) in [7, 11) is 0. The fraction of sp³-hybridized carbons (Fsp3) is 0.364. The highest BCUT2D eigenvalue weighted by molar-refractivity contribution is 6.04. The first-order valence-electron chi connectivity index (χ1n) is 10.5. The number of benzene rings is 1. The predicted octanol–water partition coefficient (Wildman–Crippen LogP) is 0.916. The number of ether oxygens (including phenoxy) is 2. The SMILES string of the molecule is CC(=O)NCC#Cc1cn(C2CC(OCN=[N+]=[N-])C(CO)O2)c(=O)nc1NC(=O)c1ccccc1. The number of nitrogens with zero attached hydrogens (tertiary/aromatic N) is 5. The van der Waals surface area contributed by atoms with Gasteiger partial charge in [-0.3, -0.25) is 14.2 Å². The monoisotopic (exact) mass is 481 g/mol. The van der Waals surface area contributed by atoms with E-state index in [4.69, 9.17) is 15.0 Å². The van der Waals surface area contributed by atoms with Gasteiger partial charge < -0.3 is 25.2 Å². The van der Waals surface area contributed by atoms with E-state index in [1.54, 1.807) is 30.3 Å². The van der Waals surface area contributed by atoms with Crippen LogP contribution < -0.4 is 16.3 Å². The second-order valence-corrected chi connectivity index (χ2v) is 7.34. The van der Waals surface area contributed by atoms with Gasteiger partial charge in [0.15, 0.2) is 5.82 Å². The Hall–Kier alpha value is -4.21. The number of carbonyl (C=O) groups is 2. The Morgan fingerprint density at radius 3 is 2.86 bits per heavy atom. The first-order valence-corrected chi connectivity index (χ1v) is 10.5. The van der Waals surface area contributed by atoms with Gasteiger partial charge in [0.2, 0.25) is 5.91 Å². The first-order chi connectivity index (χ1) is 16.9. The number of nitrogens with one attached hydrogen (secondary N) is 2. The topological polar surface area (TPSA) is 181 Å². The van der Waals surface area contributed by atoms with Gasteiger partial charge in [-0.2, -0.15) is 4.98 Å². The molecule has 0 saturated carbocycles. The zero-order valence-electron chi connectivity index (χ0n) is 18.7. The van der Waals surface area contributed by atoms with E-state index in [1.807, 2.05) is 0 Å². The van der Waals surface area contributed by atoms with Gasteiger partial charge >= 0.3 is 5.69 Å². The molecule has 3 rings (SSSR count). The molecule has 0 spiro atoms. The number of hydrogen-bond acceptors (Lipinski definition) is 8. The summed E-state index contributed by atoms with van der Waals surface area (Å²) in [6, 6.07) is 8.38. The quantitative estimate of drug-likeness (QED) is 0.217. The molecule has 1 aromatic carbocycles. The average molecular weight is 481 g/mol. The summed E-state index contributed by atoms with van der Waals surface area (Å²) in [6.07, 6.45) is -0.687. The number of aliphatic hydroxyl groups excluding tert-OH is 1. The van der Waals surface area contributed by atoms with Gasteiger partial charge in [0.05, 0.1) is 24.8 Å². The van der Waals surface area contributed by atoms with Crippen molar-refractivity contribution in [2.75, 3.05) is 25.2 Å². The Morgan fingerprint density at radius 2 is 2.17 bits per heavy atom. The second-order valence-electron chi connectivity index (χ2n) is 7.34. The molecule has 2 heterocycles. The maximum absolute atomic E-state index is 12.8. The van der Waals surface area contributed by atoms with Gasteiger partial charge in [-0.05, 0) is 17.7 Å². The number of amides is 2. The van der Waals surface area contributed by atoms with Gasteiger partial charge in [0.1, 0.15) is 19.1 Å². The molecule has 2 amide bonds. The van der Waals surface area contributed by atoms with Crippen molar-refractivity contribution < 1.29 is 24.2 Å². The van der Waals surface area contributed by atoms with Crippen LogP contribution in [0.15, 0.2) is 46.4 Å². The lowest BCUT2D eigenvalue weighted by Crippen LogP contribution is -2.30. The molecule has 0 aliphatic carbocycles. The summed E-state index contributed by atoms with van der Waals surface area (Å²) < 4.78 is 12.4. The number of hydrogen-bond donors (Lipinski definition) is 3. The van der Waals surface area contributed by atoms with Crippen LogP contribution in [-0.4, -0.2) is 58.6 Å². The smallest absolute Gasteiger partial charge is 0.351 e. The maximum Gasteiger partial charge on any atom is 0.351 e. The molecule has 35 heavy (non-hydrogen) atoms. The molecule has 13 heteroatoms. The highest BCUT2D eigenvalue weighted by Gasteiger charge is 2.37. The van der Waals surface area contributed by atoms with Crippen LogP contribution in [0.1, 0.15) is 35.5 Å². The molecule has 3 unspecified atom stereocenters. The van der Waals surface area contributed by atoms with Gasteiger partial charge in [-0.15, -0.1) is 0 Å². The minimum Gasteiger partial charge on any atom is -0.394 e. The molecule has 0 bridgehead atoms. The zero-order chi connectivity index (χ0) is 25.2. The zero-order valence-corrected chi connectivity index (χ0v) is 18.7. The molecule has 1 saturated heterocycles. The van der Waals surface area contributed by atoms with Crippen LogP contribution in [0.5, 0.6) is 0 Å². The molecule has 1 aliphatic heterocycles. The van der Waals surface area contributed by atoms with E-state index in [0.717, 1.165) is 0 Å². The third-order valence-corrected chi connectivity index (χ3v) is 4.95. The Labute approximate surface area is 199 Å². The van der Waals surface area contributed by atoms with E-state index >= 15 is 0 Å². The molecule has 0 radical (unpaired) electrons. The number of anilines is 1. The number of azide groups is 1. The Bertz CT molecular complexity index is 1230. The molecule has 1 aromatic heterocycles. The lowest BCUT2D eigenvalue weighted by atomic mass is 10.2. The van der Waals surface area contributed by atoms with Crippen LogP contribution in [-0.2, 0) is 14.3 Å². The van der Waals surface area contributed by atoms with Crippen LogP contribution in [0.25, 0.3) is 10.4 Å². The molecular weight excluding hydrogens is 458 g/mol. The molecule has 1 fully saturated rings. The highest BCUT2D eigenvalue weighted by atomic mass is 16.6. The van der Waals surface area contributed by atoms with Crippen LogP contribution >= 0.6 is 0 Å². The fourth-order valence-electron chi connectivity index (χ4n) is 3.30. The van der Waals surface area contributed by atoms with E-state index in [1.165, 1.54) is 17.7 Å². The molecular formula is C22H23N7O6. The minimum atomic E-state index is -0.849. The first kappa shape index (κ1) is 25.4. The molecule has 182 valence electrons. The molecule has 1 aliphatic rings. The molecule has 3 N–H and O–H groups in total. The Kier molecular flexibility index (Phi) is 8.94. The van der Waals surface area contributed by atoms with Crippen molar-refractivity contribution in [2.45, 2.75) is 31.8 Å². The maximum atomic E-state index is 12.8. The van der Waals surface area contributed by atoms with E-state index in [-0.39, 0.29) is 43.6 Å². The van der Waals surface area contributed by atoms with E-state index in [9.17, 15) is 19.5 Å². The molecule has 2 aromatic rings. The van der Waals surface area contributed by atoms with Gasteiger partial charge in [0, 0.05) is 30.0 Å². The number of aromatic nitrogens is 2. The van der Waals surface area contributed by atoms with Crippen LogP contribution in [0.3, 0.4) is 0 Å². The van der Waals surface area contributed by atoms with E-state index in [2.05, 4.69) is 37.5 Å². The van der Waals surface area contributed by atoms with Crippen molar-refractivity contribution in [3.05, 3.63) is 68.6 Å². The van der Waals surface area contributed by atoms with Gasteiger partial charge in [-0.1, -0.05) is 35.2 Å². The molecule has 13 nitrogen and oxygen atoms in total. The van der Waals surface area contributed by atoms with E-state index in [0.29, 0.717) is 5.56 Å². The predicted molar refractivity (Wildman–Crippen MR) is 123 cm³/mol. The Balaban J connectivity index is 1.90.